The molecule has 2 atom stereocenters. The Morgan fingerprint density at radius 1 is 1.19 bits per heavy atom. The lowest BCUT2D eigenvalue weighted by Crippen LogP contribution is -2.40. The Hall–Kier alpha value is -0.120. The molecule has 0 radical (unpaired) electrons. The molecule has 1 rings (SSSR count). The van der Waals surface area contributed by atoms with Gasteiger partial charge in [-0.3, -0.25) is 0 Å². The Morgan fingerprint density at radius 3 is 2.38 bits per heavy atom. The number of likely N-dealkylation sites (tertiary alicyclic amines) is 1. The van der Waals surface area contributed by atoms with E-state index in [4.69, 9.17) is 0 Å². The van der Waals surface area contributed by atoms with Crippen molar-refractivity contribution >= 4 is 0 Å². The van der Waals surface area contributed by atoms with Crippen LogP contribution in [0.5, 0.6) is 0 Å². The molecule has 0 spiro atoms. The summed E-state index contributed by atoms with van der Waals surface area (Å²) in [5.41, 5.74) is 0. The molecule has 3 nitrogen and oxygen atoms in total. The molecular weight excluding hydrogens is 200 g/mol. The lowest BCUT2D eigenvalue weighted by molar-refractivity contribution is 0.120. The summed E-state index contributed by atoms with van der Waals surface area (Å²) >= 11 is 0. The summed E-state index contributed by atoms with van der Waals surface area (Å²) in [4.78, 5) is 2.36. The maximum atomic E-state index is 9.89. The predicted octanol–water partition coefficient (Wildman–Crippen LogP) is 1.47. The minimum Gasteiger partial charge on any atom is -0.390 e. The molecule has 96 valence electrons. The first-order valence-electron chi connectivity index (χ1n) is 6.71. The zero-order valence-electron chi connectivity index (χ0n) is 11.1. The third kappa shape index (κ3) is 5.83. The van der Waals surface area contributed by atoms with E-state index in [1.807, 2.05) is 0 Å². The Labute approximate surface area is 100 Å². The number of β-amino-alcohol motifs (C(OH)–C–C–N with tert-alkyl or cyclic N) is 1. The van der Waals surface area contributed by atoms with Gasteiger partial charge >= 0.3 is 0 Å². The quantitative estimate of drug-likeness (QED) is 0.692. The first kappa shape index (κ1) is 13.9. The number of aliphatic hydroxyl groups is 1. The number of hydrogen-bond acceptors (Lipinski definition) is 3. The van der Waals surface area contributed by atoms with Gasteiger partial charge in [-0.25, -0.2) is 0 Å². The van der Waals surface area contributed by atoms with E-state index >= 15 is 0 Å². The molecule has 1 saturated heterocycles. The molecule has 2 unspecified atom stereocenters. The molecule has 0 amide bonds. The van der Waals surface area contributed by atoms with Crippen molar-refractivity contribution in [3.05, 3.63) is 0 Å². The van der Waals surface area contributed by atoms with Crippen molar-refractivity contribution in [1.29, 1.82) is 0 Å². The molecule has 2 N–H and O–H groups in total. The minimum absolute atomic E-state index is 0.215. The van der Waals surface area contributed by atoms with E-state index < -0.39 is 0 Å². The molecule has 1 aliphatic rings. The zero-order chi connectivity index (χ0) is 12.0. The first-order chi connectivity index (χ1) is 7.58. The standard InChI is InChI=1S/C13H28N2O/c1-11(2)8-12(3)14-9-13(16)10-15-6-4-5-7-15/h11-14,16H,4-10H2,1-3H3. The molecular formula is C13H28N2O. The van der Waals surface area contributed by atoms with Crippen molar-refractivity contribution < 1.29 is 5.11 Å². The van der Waals surface area contributed by atoms with Crippen LogP contribution in [0.3, 0.4) is 0 Å². The van der Waals surface area contributed by atoms with Gasteiger partial charge in [0.15, 0.2) is 0 Å². The van der Waals surface area contributed by atoms with Gasteiger partial charge in [-0.05, 0) is 45.2 Å². The summed E-state index contributed by atoms with van der Waals surface area (Å²) < 4.78 is 0. The maximum Gasteiger partial charge on any atom is 0.0791 e. The van der Waals surface area contributed by atoms with Crippen LogP contribution in [0.25, 0.3) is 0 Å². The Kier molecular flexibility index (Phi) is 6.32. The van der Waals surface area contributed by atoms with Gasteiger partial charge in [-0.1, -0.05) is 13.8 Å². The van der Waals surface area contributed by atoms with Gasteiger partial charge in [0, 0.05) is 19.1 Å². The summed E-state index contributed by atoms with van der Waals surface area (Å²) in [5.74, 6) is 0.721. The number of aliphatic hydroxyl groups excluding tert-OH is 1. The second-order valence-electron chi connectivity index (χ2n) is 5.60. The van der Waals surface area contributed by atoms with Crippen LogP contribution < -0.4 is 5.32 Å². The fraction of sp³-hybridized carbons (Fsp3) is 1.00. The van der Waals surface area contributed by atoms with Crippen LogP contribution in [-0.4, -0.2) is 48.3 Å². The molecule has 0 saturated carbocycles. The fourth-order valence-corrected chi connectivity index (χ4v) is 2.46. The van der Waals surface area contributed by atoms with E-state index in [0.717, 1.165) is 19.0 Å². The largest absolute Gasteiger partial charge is 0.390 e. The highest BCUT2D eigenvalue weighted by Gasteiger charge is 2.16. The molecule has 0 aromatic rings. The summed E-state index contributed by atoms with van der Waals surface area (Å²) in [6.45, 7) is 10.6. The topological polar surface area (TPSA) is 35.5 Å². The zero-order valence-corrected chi connectivity index (χ0v) is 11.1. The van der Waals surface area contributed by atoms with Gasteiger partial charge < -0.3 is 15.3 Å². The highest BCUT2D eigenvalue weighted by molar-refractivity contribution is 4.73. The number of nitrogens with one attached hydrogen (secondary N) is 1. The minimum atomic E-state index is -0.215. The van der Waals surface area contributed by atoms with Gasteiger partial charge in [-0.15, -0.1) is 0 Å². The van der Waals surface area contributed by atoms with Gasteiger partial charge in [-0.2, -0.15) is 0 Å². The summed E-state index contributed by atoms with van der Waals surface area (Å²) in [7, 11) is 0. The summed E-state index contributed by atoms with van der Waals surface area (Å²) in [5, 5.41) is 13.3. The molecule has 1 heterocycles. The number of nitrogens with zero attached hydrogens (tertiary/aromatic N) is 1. The molecule has 0 bridgehead atoms. The third-order valence-electron chi connectivity index (χ3n) is 3.19. The molecule has 0 aromatic carbocycles. The van der Waals surface area contributed by atoms with Crippen LogP contribution in [0.15, 0.2) is 0 Å². The summed E-state index contributed by atoms with van der Waals surface area (Å²) in [6.07, 6.45) is 3.55. The van der Waals surface area contributed by atoms with Gasteiger partial charge in [0.25, 0.3) is 0 Å². The maximum absolute atomic E-state index is 9.89. The third-order valence-corrected chi connectivity index (χ3v) is 3.19. The van der Waals surface area contributed by atoms with E-state index in [1.54, 1.807) is 0 Å². The highest BCUT2D eigenvalue weighted by Crippen LogP contribution is 2.08. The predicted molar refractivity (Wildman–Crippen MR) is 68.6 cm³/mol. The van der Waals surface area contributed by atoms with Crippen LogP contribution >= 0.6 is 0 Å². The SMILES string of the molecule is CC(C)CC(C)NCC(O)CN1CCCC1. The number of rotatable bonds is 7. The molecule has 0 aliphatic carbocycles. The Balaban J connectivity index is 2.06. The average molecular weight is 228 g/mol. The normalized spacial score (nSPS) is 21.6. The van der Waals surface area contributed by atoms with Crippen LogP contribution in [-0.2, 0) is 0 Å². The number of hydrogen-bond donors (Lipinski definition) is 2. The second-order valence-corrected chi connectivity index (χ2v) is 5.60. The lowest BCUT2D eigenvalue weighted by atomic mass is 10.1. The molecule has 1 fully saturated rings. The van der Waals surface area contributed by atoms with Gasteiger partial charge in [0.1, 0.15) is 0 Å². The van der Waals surface area contributed by atoms with Crippen LogP contribution in [0.4, 0.5) is 0 Å². The van der Waals surface area contributed by atoms with Crippen molar-refractivity contribution in [2.24, 2.45) is 5.92 Å². The van der Waals surface area contributed by atoms with E-state index in [1.165, 1.54) is 32.4 Å². The highest BCUT2D eigenvalue weighted by atomic mass is 16.3. The van der Waals surface area contributed by atoms with Crippen molar-refractivity contribution in [2.75, 3.05) is 26.2 Å². The van der Waals surface area contributed by atoms with E-state index in [9.17, 15) is 5.11 Å². The molecule has 1 aliphatic heterocycles. The Morgan fingerprint density at radius 2 is 1.81 bits per heavy atom. The van der Waals surface area contributed by atoms with E-state index in [-0.39, 0.29) is 6.10 Å². The van der Waals surface area contributed by atoms with E-state index in [0.29, 0.717) is 6.04 Å². The van der Waals surface area contributed by atoms with Crippen LogP contribution in [0, 0.1) is 5.92 Å². The monoisotopic (exact) mass is 228 g/mol. The molecule has 16 heavy (non-hydrogen) atoms. The van der Waals surface area contributed by atoms with Gasteiger partial charge in [0.2, 0.25) is 0 Å². The van der Waals surface area contributed by atoms with E-state index in [2.05, 4.69) is 31.0 Å². The van der Waals surface area contributed by atoms with Crippen molar-refractivity contribution in [1.82, 2.24) is 10.2 Å². The fourth-order valence-electron chi connectivity index (χ4n) is 2.46. The smallest absolute Gasteiger partial charge is 0.0791 e. The van der Waals surface area contributed by atoms with Crippen molar-refractivity contribution in [3.8, 4) is 0 Å². The summed E-state index contributed by atoms with van der Waals surface area (Å²) in [6, 6.07) is 0.508. The Bertz CT molecular complexity index is 179. The molecule has 0 aromatic heterocycles. The molecule has 3 heteroatoms. The average Bonchev–Trinajstić information content (AvgIpc) is 2.66. The first-order valence-corrected chi connectivity index (χ1v) is 6.71. The van der Waals surface area contributed by atoms with Gasteiger partial charge in [0.05, 0.1) is 6.10 Å². The lowest BCUT2D eigenvalue weighted by Gasteiger charge is -2.22. The van der Waals surface area contributed by atoms with Crippen molar-refractivity contribution in [2.45, 2.75) is 52.2 Å². The second kappa shape index (κ2) is 7.25. The van der Waals surface area contributed by atoms with Crippen LogP contribution in [0.1, 0.15) is 40.0 Å². The van der Waals surface area contributed by atoms with Crippen LogP contribution in [0.2, 0.25) is 0 Å². The van der Waals surface area contributed by atoms with Crippen molar-refractivity contribution in [3.63, 3.8) is 0 Å².